The lowest BCUT2D eigenvalue weighted by Crippen LogP contribution is -2.29. The number of likely N-dealkylation sites (tertiary alicyclic amines) is 1. The first-order chi connectivity index (χ1) is 7.24. The van der Waals surface area contributed by atoms with Gasteiger partial charge in [0.2, 0.25) is 5.91 Å². The Balaban J connectivity index is 1.95. The van der Waals surface area contributed by atoms with Gasteiger partial charge in [0.15, 0.2) is 0 Å². The molecule has 1 atom stereocenters. The van der Waals surface area contributed by atoms with Crippen LogP contribution in [0.15, 0.2) is 0 Å². The molecule has 0 aromatic carbocycles. The fraction of sp³-hybridized carbons (Fsp3) is 0.917. The summed E-state index contributed by atoms with van der Waals surface area (Å²) >= 11 is 0. The third kappa shape index (κ3) is 4.65. The third-order valence-electron chi connectivity index (χ3n) is 3.14. The van der Waals surface area contributed by atoms with Crippen LogP contribution in [0.3, 0.4) is 0 Å². The third-order valence-corrected chi connectivity index (χ3v) is 3.14. The highest BCUT2D eigenvalue weighted by Gasteiger charge is 2.18. The van der Waals surface area contributed by atoms with E-state index in [1.807, 2.05) is 4.90 Å². The molecule has 3 nitrogen and oxygen atoms in total. The number of nitrogens with one attached hydrogen (secondary N) is 1. The number of carbonyl (C=O) groups excluding carboxylic acids is 1. The second-order valence-electron chi connectivity index (χ2n) is 4.56. The summed E-state index contributed by atoms with van der Waals surface area (Å²) in [5.41, 5.74) is 0. The molecule has 1 aliphatic rings. The Morgan fingerprint density at radius 1 is 1.53 bits per heavy atom. The molecule has 0 aliphatic carbocycles. The molecule has 1 heterocycles. The quantitative estimate of drug-likeness (QED) is 0.651. The molecule has 1 N–H and O–H groups in total. The molecule has 1 aliphatic heterocycles. The molecule has 1 unspecified atom stereocenters. The fourth-order valence-corrected chi connectivity index (χ4v) is 1.83. The van der Waals surface area contributed by atoms with Crippen LogP contribution in [0, 0.1) is 5.92 Å². The molecular formula is C12H24N2O. The van der Waals surface area contributed by atoms with Crippen molar-refractivity contribution in [3.05, 3.63) is 0 Å². The second kappa shape index (κ2) is 6.83. The molecule has 15 heavy (non-hydrogen) atoms. The van der Waals surface area contributed by atoms with E-state index in [0.29, 0.717) is 5.91 Å². The minimum absolute atomic E-state index is 0.344. The maximum Gasteiger partial charge on any atom is 0.222 e. The van der Waals surface area contributed by atoms with Gasteiger partial charge in [-0.05, 0) is 31.8 Å². The molecule has 1 fully saturated rings. The van der Waals surface area contributed by atoms with Crippen LogP contribution < -0.4 is 5.32 Å². The lowest BCUT2D eigenvalue weighted by molar-refractivity contribution is -0.127. The lowest BCUT2D eigenvalue weighted by Gasteiger charge is -2.16. The van der Waals surface area contributed by atoms with Gasteiger partial charge < -0.3 is 10.2 Å². The van der Waals surface area contributed by atoms with Crippen molar-refractivity contribution in [2.24, 2.45) is 5.92 Å². The van der Waals surface area contributed by atoms with E-state index in [9.17, 15) is 4.79 Å². The zero-order chi connectivity index (χ0) is 11.1. The summed E-state index contributed by atoms with van der Waals surface area (Å²) in [5.74, 6) is 1.11. The van der Waals surface area contributed by atoms with Gasteiger partial charge in [-0.1, -0.05) is 20.3 Å². The van der Waals surface area contributed by atoms with Crippen LogP contribution >= 0.6 is 0 Å². The maximum atomic E-state index is 11.3. The van der Waals surface area contributed by atoms with Gasteiger partial charge in [-0.3, -0.25) is 4.79 Å². The Morgan fingerprint density at radius 2 is 2.33 bits per heavy atom. The highest BCUT2D eigenvalue weighted by Crippen LogP contribution is 2.09. The van der Waals surface area contributed by atoms with E-state index < -0.39 is 0 Å². The van der Waals surface area contributed by atoms with Crippen LogP contribution in [0.2, 0.25) is 0 Å². The fourth-order valence-electron chi connectivity index (χ4n) is 1.83. The van der Waals surface area contributed by atoms with E-state index in [-0.39, 0.29) is 0 Å². The topological polar surface area (TPSA) is 32.3 Å². The Bertz CT molecular complexity index is 194. The summed E-state index contributed by atoms with van der Waals surface area (Å²) in [4.78, 5) is 13.3. The van der Waals surface area contributed by atoms with Crippen molar-refractivity contribution in [3.63, 3.8) is 0 Å². The predicted molar refractivity (Wildman–Crippen MR) is 62.8 cm³/mol. The van der Waals surface area contributed by atoms with E-state index >= 15 is 0 Å². The Kier molecular flexibility index (Phi) is 5.69. The van der Waals surface area contributed by atoms with E-state index in [1.54, 1.807) is 0 Å². The van der Waals surface area contributed by atoms with E-state index in [2.05, 4.69) is 19.2 Å². The summed E-state index contributed by atoms with van der Waals surface area (Å²) in [6, 6.07) is 0. The number of hydrogen-bond donors (Lipinski definition) is 1. The minimum atomic E-state index is 0.344. The van der Waals surface area contributed by atoms with Crippen LogP contribution in [-0.2, 0) is 4.79 Å². The molecule has 0 saturated carbocycles. The van der Waals surface area contributed by atoms with E-state index in [0.717, 1.165) is 51.4 Å². The summed E-state index contributed by atoms with van der Waals surface area (Å²) in [6.45, 7) is 8.53. The van der Waals surface area contributed by atoms with Crippen molar-refractivity contribution in [2.45, 2.75) is 39.5 Å². The summed E-state index contributed by atoms with van der Waals surface area (Å²) in [7, 11) is 0. The van der Waals surface area contributed by atoms with Crippen LogP contribution in [0.25, 0.3) is 0 Å². The van der Waals surface area contributed by atoms with E-state index in [4.69, 9.17) is 0 Å². The first-order valence-electron chi connectivity index (χ1n) is 6.22. The molecule has 1 amide bonds. The van der Waals surface area contributed by atoms with Gasteiger partial charge in [0.25, 0.3) is 0 Å². The second-order valence-corrected chi connectivity index (χ2v) is 4.56. The number of rotatable bonds is 7. The molecule has 0 spiro atoms. The van der Waals surface area contributed by atoms with Crippen molar-refractivity contribution in [3.8, 4) is 0 Å². The molecule has 0 radical (unpaired) electrons. The van der Waals surface area contributed by atoms with Crippen molar-refractivity contribution in [2.75, 3.05) is 26.2 Å². The summed E-state index contributed by atoms with van der Waals surface area (Å²) < 4.78 is 0. The largest absolute Gasteiger partial charge is 0.343 e. The van der Waals surface area contributed by atoms with Gasteiger partial charge in [-0.25, -0.2) is 0 Å². The average Bonchev–Trinajstić information content (AvgIpc) is 2.63. The maximum absolute atomic E-state index is 11.3. The molecule has 0 aromatic rings. The van der Waals surface area contributed by atoms with E-state index in [1.165, 1.54) is 6.42 Å². The number of hydrogen-bond acceptors (Lipinski definition) is 2. The zero-order valence-electron chi connectivity index (χ0n) is 10.1. The molecule has 0 aromatic heterocycles. The number of nitrogens with zero attached hydrogens (tertiary/aromatic N) is 1. The smallest absolute Gasteiger partial charge is 0.222 e. The van der Waals surface area contributed by atoms with Crippen molar-refractivity contribution < 1.29 is 4.79 Å². The average molecular weight is 212 g/mol. The van der Waals surface area contributed by atoms with Gasteiger partial charge in [0.1, 0.15) is 0 Å². The Hall–Kier alpha value is -0.570. The molecule has 1 saturated heterocycles. The number of carbonyl (C=O) groups is 1. The van der Waals surface area contributed by atoms with Gasteiger partial charge in [-0.15, -0.1) is 0 Å². The monoisotopic (exact) mass is 212 g/mol. The van der Waals surface area contributed by atoms with Gasteiger partial charge >= 0.3 is 0 Å². The molecular weight excluding hydrogens is 188 g/mol. The molecule has 88 valence electrons. The summed E-state index contributed by atoms with van der Waals surface area (Å²) in [6.07, 6.45) is 4.14. The molecule has 0 bridgehead atoms. The SMILES string of the molecule is CCC(C)CNCCCN1CCCC1=O. The standard InChI is InChI=1S/C12H24N2O/c1-3-11(2)10-13-7-5-9-14-8-4-6-12(14)15/h11,13H,3-10H2,1-2H3. The van der Waals surface area contributed by atoms with Gasteiger partial charge in [-0.2, -0.15) is 0 Å². The van der Waals surface area contributed by atoms with Gasteiger partial charge in [0.05, 0.1) is 0 Å². The first-order valence-corrected chi connectivity index (χ1v) is 6.22. The lowest BCUT2D eigenvalue weighted by atomic mass is 10.1. The summed E-state index contributed by atoms with van der Waals surface area (Å²) in [5, 5.41) is 3.44. The van der Waals surface area contributed by atoms with Crippen LogP contribution in [-0.4, -0.2) is 37.0 Å². The number of amides is 1. The van der Waals surface area contributed by atoms with Gasteiger partial charge in [0, 0.05) is 19.5 Å². The predicted octanol–water partition coefficient (Wildman–Crippen LogP) is 1.63. The first kappa shape index (κ1) is 12.5. The minimum Gasteiger partial charge on any atom is -0.343 e. The van der Waals surface area contributed by atoms with Crippen LogP contribution in [0.1, 0.15) is 39.5 Å². The van der Waals surface area contributed by atoms with Crippen molar-refractivity contribution in [1.82, 2.24) is 10.2 Å². The van der Waals surface area contributed by atoms with Crippen LogP contribution in [0.5, 0.6) is 0 Å². The highest BCUT2D eigenvalue weighted by molar-refractivity contribution is 5.77. The Morgan fingerprint density at radius 3 is 2.93 bits per heavy atom. The van der Waals surface area contributed by atoms with Crippen molar-refractivity contribution >= 4 is 5.91 Å². The zero-order valence-corrected chi connectivity index (χ0v) is 10.1. The van der Waals surface area contributed by atoms with Crippen LogP contribution in [0.4, 0.5) is 0 Å². The molecule has 1 rings (SSSR count). The normalized spacial score (nSPS) is 18.5. The highest BCUT2D eigenvalue weighted by atomic mass is 16.2. The molecule has 3 heteroatoms. The Labute approximate surface area is 93.2 Å². The van der Waals surface area contributed by atoms with Crippen molar-refractivity contribution in [1.29, 1.82) is 0 Å².